The maximum absolute atomic E-state index is 6.33. The average Bonchev–Trinajstić information content (AvgIpc) is 2.29. The monoisotopic (exact) mass is 219 g/mol. The minimum atomic E-state index is -0.0104. The van der Waals surface area contributed by atoms with Gasteiger partial charge in [0.1, 0.15) is 0 Å². The third-order valence-corrected chi connectivity index (χ3v) is 3.76. The van der Waals surface area contributed by atoms with Gasteiger partial charge in [0.05, 0.1) is 0 Å². The zero-order valence-electron chi connectivity index (χ0n) is 10.9. The first-order valence-electron chi connectivity index (χ1n) is 6.39. The first-order chi connectivity index (χ1) is 7.56. The van der Waals surface area contributed by atoms with Crippen LogP contribution in [0.15, 0.2) is 30.3 Å². The number of hydrogen-bond acceptors (Lipinski definition) is 1. The van der Waals surface area contributed by atoms with E-state index in [0.29, 0.717) is 5.92 Å². The summed E-state index contributed by atoms with van der Waals surface area (Å²) in [5.41, 5.74) is 7.74. The Hall–Kier alpha value is -0.820. The summed E-state index contributed by atoms with van der Waals surface area (Å²) in [4.78, 5) is 0. The quantitative estimate of drug-likeness (QED) is 0.774. The van der Waals surface area contributed by atoms with Gasteiger partial charge < -0.3 is 5.73 Å². The Kier molecular flexibility index (Phi) is 5.01. The molecule has 2 N–H and O–H groups in total. The first kappa shape index (κ1) is 13.2. The van der Waals surface area contributed by atoms with Gasteiger partial charge in [0.2, 0.25) is 0 Å². The standard InChI is InChI=1S/C15H25N/c1-4-13(2)15(3,16)12-8-11-14-9-6-5-7-10-14/h5-7,9-10,13H,4,8,11-12,16H2,1-3H3. The Morgan fingerprint density at radius 1 is 1.25 bits per heavy atom. The van der Waals surface area contributed by atoms with Crippen molar-refractivity contribution < 1.29 is 0 Å². The predicted molar refractivity (Wildman–Crippen MR) is 71.4 cm³/mol. The van der Waals surface area contributed by atoms with Crippen molar-refractivity contribution in [3.05, 3.63) is 35.9 Å². The van der Waals surface area contributed by atoms with Crippen molar-refractivity contribution in [1.82, 2.24) is 0 Å². The molecule has 0 saturated carbocycles. The Labute approximate surface area is 100 Å². The molecule has 0 spiro atoms. The molecule has 0 aliphatic carbocycles. The van der Waals surface area contributed by atoms with Crippen molar-refractivity contribution in [2.75, 3.05) is 0 Å². The van der Waals surface area contributed by atoms with Crippen LogP contribution >= 0.6 is 0 Å². The fourth-order valence-corrected chi connectivity index (χ4v) is 2.03. The van der Waals surface area contributed by atoms with E-state index in [0.717, 1.165) is 12.8 Å². The number of aryl methyl sites for hydroxylation is 1. The van der Waals surface area contributed by atoms with Gasteiger partial charge in [-0.1, -0.05) is 50.6 Å². The lowest BCUT2D eigenvalue weighted by Gasteiger charge is -2.31. The van der Waals surface area contributed by atoms with Crippen LogP contribution in [-0.2, 0) is 6.42 Å². The van der Waals surface area contributed by atoms with Crippen LogP contribution in [0.1, 0.15) is 45.6 Å². The molecule has 2 unspecified atom stereocenters. The molecule has 1 aromatic rings. The van der Waals surface area contributed by atoms with Crippen molar-refractivity contribution in [3.8, 4) is 0 Å². The topological polar surface area (TPSA) is 26.0 Å². The average molecular weight is 219 g/mol. The predicted octanol–water partition coefficient (Wildman–Crippen LogP) is 3.77. The SMILES string of the molecule is CCC(C)C(C)(N)CCCc1ccccc1. The summed E-state index contributed by atoms with van der Waals surface area (Å²) in [6, 6.07) is 10.7. The second-order valence-electron chi connectivity index (χ2n) is 5.15. The molecular formula is C15H25N. The molecule has 0 bridgehead atoms. The Balaban J connectivity index is 2.35. The van der Waals surface area contributed by atoms with Crippen LogP contribution in [0.5, 0.6) is 0 Å². The lowest BCUT2D eigenvalue weighted by molar-refractivity contribution is 0.283. The molecule has 0 heterocycles. The van der Waals surface area contributed by atoms with E-state index in [1.165, 1.54) is 18.4 Å². The second-order valence-corrected chi connectivity index (χ2v) is 5.15. The highest BCUT2D eigenvalue weighted by atomic mass is 14.7. The van der Waals surface area contributed by atoms with E-state index in [1.54, 1.807) is 0 Å². The molecule has 2 atom stereocenters. The highest BCUT2D eigenvalue weighted by Gasteiger charge is 2.24. The van der Waals surface area contributed by atoms with Crippen molar-refractivity contribution in [2.45, 2.75) is 52.0 Å². The van der Waals surface area contributed by atoms with Gasteiger partial charge in [0, 0.05) is 5.54 Å². The molecule has 0 aliphatic heterocycles. The molecule has 0 aliphatic rings. The second kappa shape index (κ2) is 6.05. The molecule has 0 radical (unpaired) electrons. The van der Waals surface area contributed by atoms with Crippen LogP contribution in [-0.4, -0.2) is 5.54 Å². The van der Waals surface area contributed by atoms with Gasteiger partial charge in [-0.2, -0.15) is 0 Å². The Bertz CT molecular complexity index is 290. The largest absolute Gasteiger partial charge is 0.325 e. The summed E-state index contributed by atoms with van der Waals surface area (Å²) in [5, 5.41) is 0. The normalized spacial score (nSPS) is 16.8. The van der Waals surface area contributed by atoms with Crippen LogP contribution in [0, 0.1) is 5.92 Å². The molecule has 0 aromatic heterocycles. The van der Waals surface area contributed by atoms with Gasteiger partial charge in [-0.25, -0.2) is 0 Å². The number of benzene rings is 1. The maximum atomic E-state index is 6.33. The number of nitrogens with two attached hydrogens (primary N) is 1. The first-order valence-corrected chi connectivity index (χ1v) is 6.39. The summed E-state index contributed by atoms with van der Waals surface area (Å²) in [6.45, 7) is 6.65. The molecule has 16 heavy (non-hydrogen) atoms. The van der Waals surface area contributed by atoms with E-state index in [2.05, 4.69) is 51.1 Å². The summed E-state index contributed by atoms with van der Waals surface area (Å²) in [6.07, 6.45) is 4.60. The molecule has 1 heteroatoms. The fourth-order valence-electron chi connectivity index (χ4n) is 2.03. The van der Waals surface area contributed by atoms with Gasteiger partial charge in [-0.3, -0.25) is 0 Å². The van der Waals surface area contributed by atoms with Crippen LogP contribution in [0.3, 0.4) is 0 Å². The summed E-state index contributed by atoms with van der Waals surface area (Å²) < 4.78 is 0. The van der Waals surface area contributed by atoms with Gasteiger partial charge in [0.15, 0.2) is 0 Å². The van der Waals surface area contributed by atoms with E-state index in [4.69, 9.17) is 5.73 Å². The fraction of sp³-hybridized carbons (Fsp3) is 0.600. The summed E-state index contributed by atoms with van der Waals surface area (Å²) in [7, 11) is 0. The van der Waals surface area contributed by atoms with Gasteiger partial charge in [-0.05, 0) is 37.7 Å². The van der Waals surface area contributed by atoms with E-state index in [9.17, 15) is 0 Å². The molecule has 1 rings (SSSR count). The Morgan fingerprint density at radius 2 is 1.88 bits per heavy atom. The number of rotatable bonds is 6. The highest BCUT2D eigenvalue weighted by Crippen LogP contribution is 2.23. The minimum absolute atomic E-state index is 0.0104. The third-order valence-electron chi connectivity index (χ3n) is 3.76. The van der Waals surface area contributed by atoms with Crippen LogP contribution in [0.4, 0.5) is 0 Å². The van der Waals surface area contributed by atoms with Crippen LogP contribution in [0.25, 0.3) is 0 Å². The van der Waals surface area contributed by atoms with Crippen LogP contribution in [0.2, 0.25) is 0 Å². The van der Waals surface area contributed by atoms with Crippen LogP contribution < -0.4 is 5.73 Å². The van der Waals surface area contributed by atoms with E-state index in [-0.39, 0.29) is 5.54 Å². The molecule has 0 amide bonds. The van der Waals surface area contributed by atoms with Crippen molar-refractivity contribution >= 4 is 0 Å². The zero-order chi connectivity index (χ0) is 12.0. The molecule has 90 valence electrons. The Morgan fingerprint density at radius 3 is 2.44 bits per heavy atom. The van der Waals surface area contributed by atoms with E-state index in [1.807, 2.05) is 0 Å². The lowest BCUT2D eigenvalue weighted by atomic mass is 9.82. The molecule has 1 nitrogen and oxygen atoms in total. The number of hydrogen-bond donors (Lipinski definition) is 1. The molecular weight excluding hydrogens is 194 g/mol. The van der Waals surface area contributed by atoms with E-state index >= 15 is 0 Å². The van der Waals surface area contributed by atoms with Crippen molar-refractivity contribution in [2.24, 2.45) is 11.7 Å². The molecule has 0 fully saturated rings. The summed E-state index contributed by atoms with van der Waals surface area (Å²) in [5.74, 6) is 0.600. The van der Waals surface area contributed by atoms with E-state index < -0.39 is 0 Å². The lowest BCUT2D eigenvalue weighted by Crippen LogP contribution is -2.42. The minimum Gasteiger partial charge on any atom is -0.325 e. The third kappa shape index (κ3) is 3.97. The zero-order valence-corrected chi connectivity index (χ0v) is 10.9. The van der Waals surface area contributed by atoms with Gasteiger partial charge in [-0.15, -0.1) is 0 Å². The van der Waals surface area contributed by atoms with Crippen molar-refractivity contribution in [1.29, 1.82) is 0 Å². The maximum Gasteiger partial charge on any atom is 0.0151 e. The summed E-state index contributed by atoms with van der Waals surface area (Å²) >= 11 is 0. The van der Waals surface area contributed by atoms with Crippen molar-refractivity contribution in [3.63, 3.8) is 0 Å². The molecule has 1 aromatic carbocycles. The highest BCUT2D eigenvalue weighted by molar-refractivity contribution is 5.14. The molecule has 0 saturated heterocycles. The smallest absolute Gasteiger partial charge is 0.0151 e. The van der Waals surface area contributed by atoms with Gasteiger partial charge >= 0.3 is 0 Å². The van der Waals surface area contributed by atoms with Gasteiger partial charge in [0.25, 0.3) is 0 Å².